The van der Waals surface area contributed by atoms with Gasteiger partial charge in [-0.05, 0) is 18.2 Å². The number of rotatable bonds is 6. The summed E-state index contributed by atoms with van der Waals surface area (Å²) in [5.74, 6) is -2.99. The van der Waals surface area contributed by atoms with Crippen LogP contribution < -0.4 is 9.64 Å². The van der Waals surface area contributed by atoms with Crippen molar-refractivity contribution in [2.75, 3.05) is 24.4 Å². The number of methoxy groups -OCH3 is 1. The third-order valence-corrected chi connectivity index (χ3v) is 4.97. The maximum Gasteiger partial charge on any atom is 0.272 e. The molecule has 1 aliphatic heterocycles. The van der Waals surface area contributed by atoms with Gasteiger partial charge in [-0.3, -0.25) is 9.59 Å². The molecule has 8 heteroatoms. The van der Waals surface area contributed by atoms with Crippen LogP contribution in [0.4, 0.5) is 14.5 Å². The Morgan fingerprint density at radius 1 is 1.07 bits per heavy atom. The molecule has 0 fully saturated rings. The molecule has 0 spiro atoms. The zero-order valence-corrected chi connectivity index (χ0v) is 15.1. The van der Waals surface area contributed by atoms with Crippen LogP contribution >= 0.6 is 11.8 Å². The highest BCUT2D eigenvalue weighted by Crippen LogP contribution is 2.41. The Balaban J connectivity index is 2.13. The lowest BCUT2D eigenvalue weighted by Gasteiger charge is -2.15. The fourth-order valence-electron chi connectivity index (χ4n) is 2.74. The van der Waals surface area contributed by atoms with Gasteiger partial charge in [0.15, 0.2) is 11.6 Å². The van der Waals surface area contributed by atoms with Gasteiger partial charge in [0, 0.05) is 17.4 Å². The van der Waals surface area contributed by atoms with Crippen LogP contribution in [-0.4, -0.2) is 36.4 Å². The summed E-state index contributed by atoms with van der Waals surface area (Å²) in [4.78, 5) is 26.9. The molecular weight excluding hydrogens is 376 g/mol. The highest BCUT2D eigenvalue weighted by atomic mass is 32.2. The van der Waals surface area contributed by atoms with Crippen molar-refractivity contribution in [3.8, 4) is 5.75 Å². The average molecular weight is 391 g/mol. The number of halogens is 2. The number of ether oxygens (including phenoxy) is 1. The van der Waals surface area contributed by atoms with E-state index in [0.29, 0.717) is 11.3 Å². The van der Waals surface area contributed by atoms with Gasteiger partial charge in [-0.25, -0.2) is 13.7 Å². The normalized spacial score (nSPS) is 14.3. The van der Waals surface area contributed by atoms with Crippen LogP contribution in [0.3, 0.4) is 0 Å². The van der Waals surface area contributed by atoms with E-state index < -0.39 is 23.4 Å². The Morgan fingerprint density at radius 3 is 2.48 bits per heavy atom. The van der Waals surface area contributed by atoms with Crippen molar-refractivity contribution < 1.29 is 28.2 Å². The largest absolute Gasteiger partial charge is 0.496 e. The first-order valence-electron chi connectivity index (χ1n) is 7.94. The van der Waals surface area contributed by atoms with E-state index in [4.69, 9.17) is 9.84 Å². The highest BCUT2D eigenvalue weighted by Gasteiger charge is 2.41. The molecule has 0 bridgehead atoms. The monoisotopic (exact) mass is 391 g/mol. The molecule has 0 radical (unpaired) electrons. The minimum atomic E-state index is -1.16. The van der Waals surface area contributed by atoms with Gasteiger partial charge in [-0.2, -0.15) is 0 Å². The smallest absolute Gasteiger partial charge is 0.272 e. The highest BCUT2D eigenvalue weighted by molar-refractivity contribution is 8.04. The topological polar surface area (TPSA) is 66.8 Å². The molecule has 1 aliphatic rings. The number of carbonyl (C=O) groups excluding carboxylic acids is 2. The minimum Gasteiger partial charge on any atom is -0.496 e. The number of aliphatic hydroxyl groups is 1. The van der Waals surface area contributed by atoms with Crippen molar-refractivity contribution in [3.05, 3.63) is 64.6 Å². The van der Waals surface area contributed by atoms with E-state index in [1.54, 1.807) is 24.3 Å². The van der Waals surface area contributed by atoms with Gasteiger partial charge in [-0.15, -0.1) is 11.8 Å². The molecule has 0 unspecified atom stereocenters. The van der Waals surface area contributed by atoms with Crippen molar-refractivity contribution >= 4 is 34.8 Å². The van der Waals surface area contributed by atoms with E-state index >= 15 is 0 Å². The van der Waals surface area contributed by atoms with Crippen LogP contribution in [0.5, 0.6) is 5.75 Å². The fraction of sp³-hybridized carbons (Fsp3) is 0.158. The Morgan fingerprint density at radius 2 is 1.81 bits per heavy atom. The van der Waals surface area contributed by atoms with Gasteiger partial charge in [0.1, 0.15) is 5.75 Å². The van der Waals surface area contributed by atoms with E-state index in [2.05, 4.69) is 0 Å². The molecule has 0 aliphatic carbocycles. The van der Waals surface area contributed by atoms with E-state index in [0.717, 1.165) is 34.9 Å². The van der Waals surface area contributed by atoms with E-state index in [1.807, 2.05) is 0 Å². The Bertz CT molecular complexity index is 945. The lowest BCUT2D eigenvalue weighted by molar-refractivity contribution is -0.119. The van der Waals surface area contributed by atoms with E-state index in [9.17, 15) is 18.4 Å². The van der Waals surface area contributed by atoms with Crippen molar-refractivity contribution in [1.29, 1.82) is 0 Å². The SMILES string of the molecule is COc1ccccc1C1=C(SCCO)C(=O)N(c2ccc(F)c(F)c2)C1=O. The summed E-state index contributed by atoms with van der Waals surface area (Å²) in [5.41, 5.74) is 0.431. The van der Waals surface area contributed by atoms with Gasteiger partial charge in [0.2, 0.25) is 0 Å². The zero-order chi connectivity index (χ0) is 19.6. The molecule has 3 rings (SSSR count). The quantitative estimate of drug-likeness (QED) is 0.767. The van der Waals surface area contributed by atoms with Crippen LogP contribution in [0.15, 0.2) is 47.4 Å². The molecule has 0 atom stereocenters. The van der Waals surface area contributed by atoms with Gasteiger partial charge in [0.25, 0.3) is 11.8 Å². The summed E-state index contributed by atoms with van der Waals surface area (Å²) in [6.45, 7) is -0.194. The number of carbonyl (C=O) groups is 2. The first-order chi connectivity index (χ1) is 13.0. The van der Waals surface area contributed by atoms with Gasteiger partial charge < -0.3 is 9.84 Å². The number of imide groups is 1. The third kappa shape index (κ3) is 3.45. The molecule has 5 nitrogen and oxygen atoms in total. The van der Waals surface area contributed by atoms with Crippen molar-refractivity contribution in [2.45, 2.75) is 0 Å². The summed E-state index contributed by atoms with van der Waals surface area (Å²) in [5, 5.41) is 9.12. The molecule has 0 saturated heterocycles. The number of aliphatic hydroxyl groups excluding tert-OH is 1. The third-order valence-electron chi connectivity index (χ3n) is 3.92. The second kappa shape index (κ2) is 7.89. The lowest BCUT2D eigenvalue weighted by Crippen LogP contribution is -2.31. The standard InChI is InChI=1S/C19H15F2NO4S/c1-26-15-5-3-2-4-12(15)16-17(27-9-8-23)19(25)22(18(16)24)11-6-7-13(20)14(21)10-11/h2-7,10,23H,8-9H2,1H3. The van der Waals surface area contributed by atoms with Crippen LogP contribution in [0.25, 0.3) is 5.57 Å². The lowest BCUT2D eigenvalue weighted by atomic mass is 10.0. The fourth-order valence-corrected chi connectivity index (χ4v) is 3.59. The maximum atomic E-state index is 13.6. The summed E-state index contributed by atoms with van der Waals surface area (Å²) in [6, 6.07) is 9.50. The summed E-state index contributed by atoms with van der Waals surface area (Å²) in [6.07, 6.45) is 0. The van der Waals surface area contributed by atoms with E-state index in [1.165, 1.54) is 7.11 Å². The molecule has 2 aromatic carbocycles. The molecule has 0 saturated carbocycles. The second-order valence-electron chi connectivity index (χ2n) is 5.52. The average Bonchev–Trinajstić information content (AvgIpc) is 2.92. The number of anilines is 1. The first kappa shape index (κ1) is 19.1. The number of nitrogens with zero attached hydrogens (tertiary/aromatic N) is 1. The molecule has 1 heterocycles. The predicted molar refractivity (Wildman–Crippen MR) is 98.3 cm³/mol. The summed E-state index contributed by atoms with van der Waals surface area (Å²) in [7, 11) is 1.44. The van der Waals surface area contributed by atoms with Gasteiger partial charge in [0.05, 0.1) is 29.9 Å². The maximum absolute atomic E-state index is 13.6. The Hall–Kier alpha value is -2.71. The number of amides is 2. The van der Waals surface area contributed by atoms with Crippen LogP contribution in [0.1, 0.15) is 5.56 Å². The number of hydrogen-bond donors (Lipinski definition) is 1. The van der Waals surface area contributed by atoms with Crippen molar-refractivity contribution in [2.24, 2.45) is 0 Å². The Labute approximate surface area is 158 Å². The van der Waals surface area contributed by atoms with Gasteiger partial charge in [-0.1, -0.05) is 18.2 Å². The Kier molecular flexibility index (Phi) is 5.57. The summed E-state index contributed by atoms with van der Waals surface area (Å²) >= 11 is 1.02. The zero-order valence-electron chi connectivity index (χ0n) is 14.2. The van der Waals surface area contributed by atoms with Crippen LogP contribution in [0.2, 0.25) is 0 Å². The van der Waals surface area contributed by atoms with Crippen molar-refractivity contribution in [3.63, 3.8) is 0 Å². The van der Waals surface area contributed by atoms with Crippen LogP contribution in [0, 0.1) is 11.6 Å². The summed E-state index contributed by atoms with van der Waals surface area (Å²) < 4.78 is 32.2. The van der Waals surface area contributed by atoms with Gasteiger partial charge >= 0.3 is 0 Å². The molecule has 27 heavy (non-hydrogen) atoms. The molecular formula is C19H15F2NO4S. The number of thioether (sulfide) groups is 1. The molecule has 2 aromatic rings. The first-order valence-corrected chi connectivity index (χ1v) is 8.93. The molecule has 1 N–H and O–H groups in total. The molecule has 2 amide bonds. The number of para-hydroxylation sites is 1. The number of hydrogen-bond acceptors (Lipinski definition) is 5. The van der Waals surface area contributed by atoms with Crippen molar-refractivity contribution in [1.82, 2.24) is 0 Å². The van der Waals surface area contributed by atoms with Crippen LogP contribution in [-0.2, 0) is 9.59 Å². The molecule has 140 valence electrons. The second-order valence-corrected chi connectivity index (χ2v) is 6.63. The van der Waals surface area contributed by atoms with E-state index in [-0.39, 0.29) is 28.5 Å². The molecule has 0 aromatic heterocycles. The minimum absolute atomic E-state index is 0.0732. The number of benzene rings is 2. The predicted octanol–water partition coefficient (Wildman–Crippen LogP) is 2.98.